The zero-order chi connectivity index (χ0) is 31.9. The molecular formula is C30H38F3N5O5S. The molecule has 2 aliphatic heterocycles. The van der Waals surface area contributed by atoms with Crippen LogP contribution in [0.5, 0.6) is 5.88 Å². The van der Waals surface area contributed by atoms with Crippen LogP contribution in [0.2, 0.25) is 0 Å². The summed E-state index contributed by atoms with van der Waals surface area (Å²) in [4.78, 5) is 32.1. The smallest absolute Gasteiger partial charge is 0.389 e. The maximum atomic E-state index is 13.2. The standard InChI is InChI=1S/C30H38F3N5O5S/c1-19-15-22(18-38-25(39)17-34-28(38)41)16-20(2)24(19)8-14-44(42,43)37-12-10-29(11-13-37)27(40)35-26(36-29)23-5-3-21(4-6-23)7-9-30(31,32)33/h8,14-17,21,23,39H,3-7,9-13,18H2,1-2H3,(H,34,41)(H,35,36,40). The molecule has 1 saturated carbocycles. The Labute approximate surface area is 254 Å². The van der Waals surface area contributed by atoms with Crippen LogP contribution in [0.15, 0.2) is 33.5 Å². The van der Waals surface area contributed by atoms with Crippen molar-refractivity contribution in [2.24, 2.45) is 16.8 Å². The highest BCUT2D eigenvalue weighted by atomic mass is 32.2. The fraction of sp³-hybridized carbons (Fsp3) is 0.567. The number of H-pyrrole nitrogens is 1. The fourth-order valence-corrected chi connectivity index (χ4v) is 7.83. The van der Waals surface area contributed by atoms with Gasteiger partial charge in [0.1, 0.15) is 11.4 Å². The SMILES string of the molecule is Cc1cc(Cn2c(O)c[nH]c2=O)cc(C)c1C=CS(=O)(=O)N1CCC2(CC1)N=C(C1CCC(CCC(F)(F)F)CC1)NC2=O. The number of aromatic nitrogens is 2. The summed E-state index contributed by atoms with van der Waals surface area (Å²) < 4.78 is 66.8. The summed E-state index contributed by atoms with van der Waals surface area (Å²) in [6.45, 7) is 4.11. The molecule has 44 heavy (non-hydrogen) atoms. The molecule has 1 aromatic heterocycles. The predicted octanol–water partition coefficient (Wildman–Crippen LogP) is 4.36. The van der Waals surface area contributed by atoms with Crippen LogP contribution in [0.25, 0.3) is 6.08 Å². The molecule has 5 rings (SSSR count). The molecule has 1 saturated heterocycles. The molecular weight excluding hydrogens is 599 g/mol. The van der Waals surface area contributed by atoms with Gasteiger partial charge >= 0.3 is 11.9 Å². The molecule has 240 valence electrons. The van der Waals surface area contributed by atoms with Gasteiger partial charge in [-0.1, -0.05) is 12.1 Å². The van der Waals surface area contributed by atoms with E-state index in [1.165, 1.54) is 20.5 Å². The average Bonchev–Trinajstić information content (AvgIpc) is 3.44. The van der Waals surface area contributed by atoms with Gasteiger partial charge in [0.15, 0.2) is 0 Å². The zero-order valence-corrected chi connectivity index (χ0v) is 25.6. The van der Waals surface area contributed by atoms with Crippen LogP contribution in [0.4, 0.5) is 13.2 Å². The van der Waals surface area contributed by atoms with E-state index in [9.17, 15) is 36.3 Å². The van der Waals surface area contributed by atoms with E-state index in [0.29, 0.717) is 31.5 Å². The fourth-order valence-electron chi connectivity index (χ4n) is 6.66. The van der Waals surface area contributed by atoms with Crippen molar-refractivity contribution < 1.29 is 31.5 Å². The number of carbonyl (C=O) groups is 1. The second-order valence-electron chi connectivity index (χ2n) is 12.3. The third-order valence-electron chi connectivity index (χ3n) is 9.22. The van der Waals surface area contributed by atoms with E-state index in [4.69, 9.17) is 4.99 Å². The van der Waals surface area contributed by atoms with Gasteiger partial charge < -0.3 is 15.4 Å². The van der Waals surface area contributed by atoms with Gasteiger partial charge in [0.25, 0.3) is 5.91 Å². The highest BCUT2D eigenvalue weighted by Crippen LogP contribution is 2.38. The number of aromatic amines is 1. The average molecular weight is 638 g/mol. The molecule has 2 fully saturated rings. The molecule has 0 bridgehead atoms. The number of halogens is 3. The van der Waals surface area contributed by atoms with Gasteiger partial charge in [0.2, 0.25) is 15.9 Å². The van der Waals surface area contributed by atoms with Gasteiger partial charge in [-0.05, 0) is 93.0 Å². The van der Waals surface area contributed by atoms with Crippen molar-refractivity contribution in [1.29, 1.82) is 0 Å². The van der Waals surface area contributed by atoms with Gasteiger partial charge in [-0.25, -0.2) is 13.2 Å². The lowest BCUT2D eigenvalue weighted by Gasteiger charge is -2.34. The van der Waals surface area contributed by atoms with Crippen LogP contribution in [0.1, 0.15) is 73.6 Å². The summed E-state index contributed by atoms with van der Waals surface area (Å²) in [6.07, 6.45) is 1.16. The minimum absolute atomic E-state index is 0.00214. The van der Waals surface area contributed by atoms with Crippen molar-refractivity contribution >= 4 is 27.8 Å². The van der Waals surface area contributed by atoms with Gasteiger partial charge in [-0.15, -0.1) is 0 Å². The maximum Gasteiger partial charge on any atom is 0.389 e. The number of carbonyl (C=O) groups excluding carboxylic acids is 1. The largest absolute Gasteiger partial charge is 0.493 e. The Balaban J connectivity index is 1.19. The first-order valence-electron chi connectivity index (χ1n) is 14.9. The number of aliphatic imine (C=N–C) groups is 1. The molecule has 3 heterocycles. The Hall–Kier alpha value is -3.39. The number of hydrogen-bond donors (Lipinski definition) is 3. The van der Waals surface area contributed by atoms with Crippen molar-refractivity contribution in [3.05, 3.63) is 56.5 Å². The summed E-state index contributed by atoms with van der Waals surface area (Å²) in [7, 11) is -3.79. The summed E-state index contributed by atoms with van der Waals surface area (Å²) in [5, 5.41) is 14.0. The topological polar surface area (TPSA) is 137 Å². The van der Waals surface area contributed by atoms with Gasteiger partial charge in [0.05, 0.1) is 12.7 Å². The molecule has 1 aliphatic carbocycles. The molecule has 3 aliphatic rings. The van der Waals surface area contributed by atoms with Crippen LogP contribution in [-0.4, -0.2) is 63.9 Å². The number of nitrogens with zero attached hydrogens (tertiary/aromatic N) is 3. The second-order valence-corrected chi connectivity index (χ2v) is 14.1. The summed E-state index contributed by atoms with van der Waals surface area (Å²) in [5.74, 6) is 0.202. The number of rotatable bonds is 8. The number of alkyl halides is 3. The first-order valence-corrected chi connectivity index (χ1v) is 16.4. The molecule has 10 nitrogen and oxygen atoms in total. The minimum atomic E-state index is -4.15. The first kappa shape index (κ1) is 32.0. The number of amidine groups is 1. The van der Waals surface area contributed by atoms with Crippen LogP contribution in [-0.2, 0) is 21.4 Å². The molecule has 1 aromatic carbocycles. The lowest BCUT2D eigenvalue weighted by molar-refractivity contribution is -0.138. The molecule has 0 radical (unpaired) electrons. The van der Waals surface area contributed by atoms with Crippen LogP contribution >= 0.6 is 0 Å². The Morgan fingerprint density at radius 3 is 2.30 bits per heavy atom. The molecule has 2 aromatic rings. The molecule has 1 spiro atoms. The van der Waals surface area contributed by atoms with Gasteiger partial charge in [-0.3, -0.25) is 14.4 Å². The Morgan fingerprint density at radius 1 is 1.09 bits per heavy atom. The first-order chi connectivity index (χ1) is 20.7. The number of aromatic hydroxyl groups is 1. The normalized spacial score (nSPS) is 22.9. The van der Waals surface area contributed by atoms with Crippen molar-refractivity contribution in [2.45, 2.75) is 83.5 Å². The van der Waals surface area contributed by atoms with Crippen molar-refractivity contribution in [3.8, 4) is 5.88 Å². The quantitative estimate of drug-likeness (QED) is 0.395. The van der Waals surface area contributed by atoms with Crippen molar-refractivity contribution in [3.63, 3.8) is 0 Å². The van der Waals surface area contributed by atoms with Crippen LogP contribution in [0, 0.1) is 25.7 Å². The van der Waals surface area contributed by atoms with E-state index in [0.717, 1.165) is 22.3 Å². The number of imidazole rings is 1. The van der Waals surface area contributed by atoms with E-state index < -0.39 is 33.8 Å². The minimum Gasteiger partial charge on any atom is -0.493 e. The van der Waals surface area contributed by atoms with E-state index >= 15 is 0 Å². The number of amides is 1. The van der Waals surface area contributed by atoms with Crippen LogP contribution in [0.3, 0.4) is 0 Å². The Bertz CT molecular complexity index is 1600. The molecule has 1 amide bonds. The number of benzene rings is 1. The van der Waals surface area contributed by atoms with Crippen molar-refractivity contribution in [2.75, 3.05) is 13.1 Å². The van der Waals surface area contributed by atoms with E-state index in [1.54, 1.807) is 6.08 Å². The lowest BCUT2D eigenvalue weighted by atomic mass is 9.79. The highest BCUT2D eigenvalue weighted by molar-refractivity contribution is 7.92. The number of aryl methyl sites for hydroxylation is 2. The maximum absolute atomic E-state index is 13.2. The third-order valence-corrected chi connectivity index (χ3v) is 10.8. The Morgan fingerprint density at radius 2 is 1.73 bits per heavy atom. The van der Waals surface area contributed by atoms with E-state index in [2.05, 4.69) is 10.3 Å². The summed E-state index contributed by atoms with van der Waals surface area (Å²) in [6, 6.07) is 3.68. The number of sulfonamides is 1. The number of piperidine rings is 1. The number of hydrogen-bond acceptors (Lipinski definition) is 6. The molecule has 3 N–H and O–H groups in total. The van der Waals surface area contributed by atoms with Crippen molar-refractivity contribution in [1.82, 2.24) is 19.2 Å². The summed E-state index contributed by atoms with van der Waals surface area (Å²) in [5.41, 5.74) is 1.68. The molecule has 14 heteroatoms. The lowest BCUT2D eigenvalue weighted by Crippen LogP contribution is -2.50. The van der Waals surface area contributed by atoms with Gasteiger partial charge in [0, 0.05) is 30.8 Å². The highest BCUT2D eigenvalue weighted by Gasteiger charge is 2.48. The molecule has 0 unspecified atom stereocenters. The van der Waals surface area contributed by atoms with E-state index in [-0.39, 0.29) is 62.5 Å². The monoisotopic (exact) mass is 637 g/mol. The predicted molar refractivity (Wildman–Crippen MR) is 160 cm³/mol. The third kappa shape index (κ3) is 6.96. The number of nitrogens with one attached hydrogen (secondary N) is 2. The zero-order valence-electron chi connectivity index (χ0n) is 24.8. The van der Waals surface area contributed by atoms with E-state index in [1.807, 2.05) is 26.0 Å². The molecule has 0 atom stereocenters. The Kier molecular flexibility index (Phi) is 8.87. The van der Waals surface area contributed by atoms with Gasteiger partial charge in [-0.2, -0.15) is 17.5 Å². The summed E-state index contributed by atoms with van der Waals surface area (Å²) >= 11 is 0. The second kappa shape index (κ2) is 12.2. The van der Waals surface area contributed by atoms with Crippen LogP contribution < -0.4 is 11.0 Å².